The van der Waals surface area contributed by atoms with E-state index in [4.69, 9.17) is 21.7 Å². The van der Waals surface area contributed by atoms with Crippen LogP contribution in [0.4, 0.5) is 5.69 Å². The Balaban J connectivity index is 1.86. The molecule has 0 bridgehead atoms. The summed E-state index contributed by atoms with van der Waals surface area (Å²) in [5.74, 6) is 1.16. The molecular formula is C21H22N2O3S. The molecule has 6 heteroatoms. The lowest BCUT2D eigenvalue weighted by atomic mass is 10.2. The van der Waals surface area contributed by atoms with Gasteiger partial charge < -0.3 is 14.8 Å². The highest BCUT2D eigenvalue weighted by Gasteiger charge is 2.03. The summed E-state index contributed by atoms with van der Waals surface area (Å²) in [5, 5.41) is 5.76. The highest BCUT2D eigenvalue weighted by molar-refractivity contribution is 7.80. The largest absolute Gasteiger partial charge is 0.494 e. The SMILES string of the molecule is C=CCOc1cccc(NC(=S)NC(=O)/C=C/c2ccc(OCC)cc2)c1. The Morgan fingerprint density at radius 3 is 2.63 bits per heavy atom. The van der Waals surface area contributed by atoms with Crippen LogP contribution in [0, 0.1) is 0 Å². The Kier molecular flexibility index (Phi) is 8.06. The van der Waals surface area contributed by atoms with Crippen LogP contribution >= 0.6 is 12.2 Å². The lowest BCUT2D eigenvalue weighted by molar-refractivity contribution is -0.115. The molecule has 0 aliphatic carbocycles. The smallest absolute Gasteiger partial charge is 0.250 e. The van der Waals surface area contributed by atoms with Crippen LogP contribution in [0.3, 0.4) is 0 Å². The van der Waals surface area contributed by atoms with Crippen LogP contribution in [0.25, 0.3) is 6.08 Å². The Bertz CT molecular complexity index is 816. The maximum atomic E-state index is 12.0. The second-order valence-electron chi connectivity index (χ2n) is 5.41. The van der Waals surface area contributed by atoms with Crippen molar-refractivity contribution in [3.05, 3.63) is 72.8 Å². The monoisotopic (exact) mass is 382 g/mol. The van der Waals surface area contributed by atoms with Crippen LogP contribution in [-0.2, 0) is 4.79 Å². The van der Waals surface area contributed by atoms with E-state index in [0.717, 1.165) is 17.0 Å². The Morgan fingerprint density at radius 1 is 1.15 bits per heavy atom. The third kappa shape index (κ3) is 7.33. The zero-order valence-electron chi connectivity index (χ0n) is 15.1. The Hall–Kier alpha value is -3.12. The predicted molar refractivity (Wildman–Crippen MR) is 113 cm³/mol. The predicted octanol–water partition coefficient (Wildman–Crippen LogP) is 4.18. The molecule has 0 spiro atoms. The number of hydrogen-bond donors (Lipinski definition) is 2. The van der Waals surface area contributed by atoms with E-state index in [1.165, 1.54) is 6.08 Å². The molecule has 27 heavy (non-hydrogen) atoms. The first-order valence-corrected chi connectivity index (χ1v) is 8.88. The number of rotatable bonds is 8. The number of benzene rings is 2. The van der Waals surface area contributed by atoms with Crippen molar-refractivity contribution in [3.8, 4) is 11.5 Å². The van der Waals surface area contributed by atoms with E-state index in [-0.39, 0.29) is 11.0 Å². The van der Waals surface area contributed by atoms with Crippen molar-refractivity contribution >= 4 is 35.0 Å². The average molecular weight is 382 g/mol. The number of ether oxygens (including phenoxy) is 2. The molecule has 0 radical (unpaired) electrons. The number of anilines is 1. The Labute approximate surface area is 164 Å². The van der Waals surface area contributed by atoms with Crippen molar-refractivity contribution in [2.45, 2.75) is 6.92 Å². The van der Waals surface area contributed by atoms with Crippen LogP contribution in [0.5, 0.6) is 11.5 Å². The lowest BCUT2D eigenvalue weighted by Crippen LogP contribution is -2.32. The van der Waals surface area contributed by atoms with Gasteiger partial charge in [0, 0.05) is 17.8 Å². The summed E-state index contributed by atoms with van der Waals surface area (Å²) in [6.45, 7) is 6.57. The molecule has 2 rings (SSSR count). The number of carbonyl (C=O) groups is 1. The standard InChI is InChI=1S/C21H22N2O3S/c1-3-14-26-19-7-5-6-17(15-19)22-21(27)23-20(24)13-10-16-8-11-18(12-9-16)25-4-2/h3,5-13,15H,1,4,14H2,2H3,(H2,22,23,24,27)/b13-10+. The zero-order valence-corrected chi connectivity index (χ0v) is 15.9. The average Bonchev–Trinajstić information content (AvgIpc) is 2.66. The first-order chi connectivity index (χ1) is 13.1. The van der Waals surface area contributed by atoms with Crippen molar-refractivity contribution < 1.29 is 14.3 Å². The van der Waals surface area contributed by atoms with Crippen molar-refractivity contribution in [1.82, 2.24) is 5.32 Å². The molecule has 0 heterocycles. The van der Waals surface area contributed by atoms with Gasteiger partial charge in [0.15, 0.2) is 5.11 Å². The van der Waals surface area contributed by atoms with E-state index >= 15 is 0 Å². The summed E-state index contributed by atoms with van der Waals surface area (Å²) in [6.07, 6.45) is 4.80. The van der Waals surface area contributed by atoms with Crippen LogP contribution in [0.2, 0.25) is 0 Å². The van der Waals surface area contributed by atoms with Gasteiger partial charge in [-0.05, 0) is 55.0 Å². The summed E-state index contributed by atoms with van der Waals surface area (Å²) >= 11 is 5.17. The Morgan fingerprint density at radius 2 is 1.93 bits per heavy atom. The number of thiocarbonyl (C=S) groups is 1. The number of carbonyl (C=O) groups excluding carboxylic acids is 1. The maximum Gasteiger partial charge on any atom is 0.250 e. The summed E-state index contributed by atoms with van der Waals surface area (Å²) in [6, 6.07) is 14.7. The van der Waals surface area contributed by atoms with Crippen LogP contribution < -0.4 is 20.1 Å². The van der Waals surface area contributed by atoms with E-state index in [1.807, 2.05) is 49.4 Å². The highest BCUT2D eigenvalue weighted by atomic mass is 32.1. The molecule has 0 atom stereocenters. The van der Waals surface area contributed by atoms with Gasteiger partial charge in [-0.2, -0.15) is 0 Å². The fourth-order valence-electron chi connectivity index (χ4n) is 2.15. The normalized spacial score (nSPS) is 10.3. The van der Waals surface area contributed by atoms with Gasteiger partial charge in [-0.25, -0.2) is 0 Å². The summed E-state index contributed by atoms with van der Waals surface area (Å²) in [4.78, 5) is 12.0. The van der Waals surface area contributed by atoms with Gasteiger partial charge in [0.2, 0.25) is 5.91 Å². The second kappa shape index (κ2) is 10.8. The van der Waals surface area contributed by atoms with Crippen LogP contribution in [-0.4, -0.2) is 24.2 Å². The van der Waals surface area contributed by atoms with Gasteiger partial charge in [-0.3, -0.25) is 10.1 Å². The van der Waals surface area contributed by atoms with Crippen molar-refractivity contribution in [2.24, 2.45) is 0 Å². The van der Waals surface area contributed by atoms with Gasteiger partial charge >= 0.3 is 0 Å². The minimum Gasteiger partial charge on any atom is -0.494 e. The molecule has 0 aliphatic rings. The summed E-state index contributed by atoms with van der Waals surface area (Å²) < 4.78 is 10.8. The minimum atomic E-state index is -0.319. The maximum absolute atomic E-state index is 12.0. The van der Waals surface area contributed by atoms with E-state index in [2.05, 4.69) is 17.2 Å². The van der Waals surface area contributed by atoms with Gasteiger partial charge in [0.25, 0.3) is 0 Å². The molecule has 0 aliphatic heterocycles. The third-order valence-electron chi connectivity index (χ3n) is 3.31. The number of nitrogens with one attached hydrogen (secondary N) is 2. The second-order valence-corrected chi connectivity index (χ2v) is 5.81. The molecule has 2 aromatic rings. The first-order valence-electron chi connectivity index (χ1n) is 8.47. The highest BCUT2D eigenvalue weighted by Crippen LogP contribution is 2.17. The summed E-state index contributed by atoms with van der Waals surface area (Å²) in [5.41, 5.74) is 1.61. The molecule has 0 aromatic heterocycles. The molecule has 1 amide bonds. The van der Waals surface area contributed by atoms with Gasteiger partial charge in [-0.15, -0.1) is 0 Å². The topological polar surface area (TPSA) is 59.6 Å². The molecule has 2 N–H and O–H groups in total. The molecule has 5 nitrogen and oxygen atoms in total. The quantitative estimate of drug-likeness (QED) is 0.408. The number of hydrogen-bond acceptors (Lipinski definition) is 4. The minimum absolute atomic E-state index is 0.206. The fraction of sp³-hybridized carbons (Fsp3) is 0.143. The van der Waals surface area contributed by atoms with Gasteiger partial charge in [0.05, 0.1) is 6.61 Å². The van der Waals surface area contributed by atoms with Crippen molar-refractivity contribution in [3.63, 3.8) is 0 Å². The lowest BCUT2D eigenvalue weighted by Gasteiger charge is -2.10. The molecule has 2 aromatic carbocycles. The molecule has 140 valence electrons. The summed E-state index contributed by atoms with van der Waals surface area (Å²) in [7, 11) is 0. The van der Waals surface area contributed by atoms with Gasteiger partial charge in [-0.1, -0.05) is 30.9 Å². The van der Waals surface area contributed by atoms with E-state index in [9.17, 15) is 4.79 Å². The van der Waals surface area contributed by atoms with E-state index in [1.54, 1.807) is 18.2 Å². The molecule has 0 saturated heterocycles. The fourth-order valence-corrected chi connectivity index (χ4v) is 2.37. The zero-order chi connectivity index (χ0) is 19.5. The van der Waals surface area contributed by atoms with Crippen molar-refractivity contribution in [2.75, 3.05) is 18.5 Å². The molecule has 0 unspecified atom stereocenters. The first kappa shape index (κ1) is 20.2. The van der Waals surface area contributed by atoms with E-state index < -0.39 is 0 Å². The molecule has 0 saturated carbocycles. The number of amides is 1. The van der Waals surface area contributed by atoms with E-state index in [0.29, 0.717) is 19.0 Å². The molecular weight excluding hydrogens is 360 g/mol. The third-order valence-corrected chi connectivity index (χ3v) is 3.52. The van der Waals surface area contributed by atoms with Crippen LogP contribution in [0.1, 0.15) is 12.5 Å². The molecule has 0 fully saturated rings. The van der Waals surface area contributed by atoms with Gasteiger partial charge in [0.1, 0.15) is 18.1 Å². The van der Waals surface area contributed by atoms with Crippen LogP contribution in [0.15, 0.2) is 67.3 Å². The van der Waals surface area contributed by atoms with Crippen molar-refractivity contribution in [1.29, 1.82) is 0 Å².